The van der Waals surface area contributed by atoms with E-state index < -0.39 is 0 Å². The number of ether oxygens (including phenoxy) is 1. The lowest BCUT2D eigenvalue weighted by Gasteiger charge is -2.04. The third-order valence-corrected chi connectivity index (χ3v) is 3.76. The number of nitrogens with one attached hydrogen (secondary N) is 1. The molecule has 0 aliphatic rings. The molecule has 3 nitrogen and oxygen atoms in total. The van der Waals surface area contributed by atoms with Crippen LogP contribution in [0.4, 0.5) is 0 Å². The monoisotopic (exact) mass is 329 g/mol. The number of hydrogen-bond donors (Lipinski definition) is 1. The Hall–Kier alpha value is -2.07. The third kappa shape index (κ3) is 2.12. The molecule has 3 rings (SSSR count). The standard InChI is InChI=1S/C16H12BrNO2/c1-20-16(19)15-14(10-6-8-11(17)9-7-10)12-4-2-3-5-13(12)18-15/h2-9,18H,1H3. The molecule has 20 heavy (non-hydrogen) atoms. The van der Waals surface area contributed by atoms with Crippen molar-refractivity contribution in [2.24, 2.45) is 0 Å². The number of H-pyrrole nitrogens is 1. The molecule has 0 unspecified atom stereocenters. The SMILES string of the molecule is COC(=O)c1[nH]c2ccccc2c1-c1ccc(Br)cc1. The molecule has 0 saturated carbocycles. The average molecular weight is 330 g/mol. The molecule has 0 aliphatic heterocycles. The summed E-state index contributed by atoms with van der Waals surface area (Å²) in [4.78, 5) is 15.1. The molecular weight excluding hydrogens is 318 g/mol. The minimum Gasteiger partial charge on any atom is -0.464 e. The van der Waals surface area contributed by atoms with Crippen LogP contribution >= 0.6 is 15.9 Å². The summed E-state index contributed by atoms with van der Waals surface area (Å²) in [7, 11) is 1.39. The fourth-order valence-corrected chi connectivity index (χ4v) is 2.58. The summed E-state index contributed by atoms with van der Waals surface area (Å²) in [6, 6.07) is 15.7. The Morgan fingerprint density at radius 3 is 2.50 bits per heavy atom. The van der Waals surface area contributed by atoms with E-state index in [4.69, 9.17) is 4.74 Å². The van der Waals surface area contributed by atoms with E-state index in [2.05, 4.69) is 20.9 Å². The molecule has 0 saturated heterocycles. The Morgan fingerprint density at radius 2 is 1.80 bits per heavy atom. The zero-order valence-corrected chi connectivity index (χ0v) is 12.4. The van der Waals surface area contributed by atoms with Crippen molar-refractivity contribution in [3.05, 3.63) is 58.7 Å². The van der Waals surface area contributed by atoms with Gasteiger partial charge in [0.2, 0.25) is 0 Å². The van der Waals surface area contributed by atoms with Gasteiger partial charge in [-0.05, 0) is 23.8 Å². The maximum atomic E-state index is 12.0. The van der Waals surface area contributed by atoms with Crippen molar-refractivity contribution in [1.29, 1.82) is 0 Å². The molecule has 0 fully saturated rings. The summed E-state index contributed by atoms with van der Waals surface area (Å²) < 4.78 is 5.87. The summed E-state index contributed by atoms with van der Waals surface area (Å²) >= 11 is 3.42. The van der Waals surface area contributed by atoms with Crippen LogP contribution in [0.5, 0.6) is 0 Å². The fourth-order valence-electron chi connectivity index (χ4n) is 2.31. The number of benzene rings is 2. The number of aromatic nitrogens is 1. The number of fused-ring (bicyclic) bond motifs is 1. The van der Waals surface area contributed by atoms with E-state index >= 15 is 0 Å². The van der Waals surface area contributed by atoms with Crippen LogP contribution in [0.25, 0.3) is 22.0 Å². The lowest BCUT2D eigenvalue weighted by atomic mass is 10.0. The predicted molar refractivity (Wildman–Crippen MR) is 82.8 cm³/mol. The van der Waals surface area contributed by atoms with Crippen LogP contribution in [0.3, 0.4) is 0 Å². The van der Waals surface area contributed by atoms with Crippen LogP contribution in [0.1, 0.15) is 10.5 Å². The molecule has 1 heterocycles. The van der Waals surface area contributed by atoms with Crippen molar-refractivity contribution in [3.8, 4) is 11.1 Å². The second kappa shape index (κ2) is 5.13. The third-order valence-electron chi connectivity index (χ3n) is 3.23. The highest BCUT2D eigenvalue weighted by molar-refractivity contribution is 9.10. The Kier molecular flexibility index (Phi) is 3.32. The smallest absolute Gasteiger partial charge is 0.355 e. The molecule has 0 radical (unpaired) electrons. The first-order valence-electron chi connectivity index (χ1n) is 6.15. The second-order valence-electron chi connectivity index (χ2n) is 4.42. The molecule has 4 heteroatoms. The number of carbonyl (C=O) groups excluding carboxylic acids is 1. The van der Waals surface area contributed by atoms with E-state index in [9.17, 15) is 4.79 Å². The van der Waals surface area contributed by atoms with Gasteiger partial charge in [-0.25, -0.2) is 4.79 Å². The van der Waals surface area contributed by atoms with Gasteiger partial charge in [0.1, 0.15) is 5.69 Å². The molecule has 0 atom stereocenters. The number of aromatic amines is 1. The predicted octanol–water partition coefficient (Wildman–Crippen LogP) is 4.38. The minimum atomic E-state index is -0.362. The Labute approximate surface area is 124 Å². The molecule has 1 aromatic heterocycles. The van der Waals surface area contributed by atoms with Gasteiger partial charge < -0.3 is 9.72 Å². The van der Waals surface area contributed by atoms with Crippen LogP contribution in [0.15, 0.2) is 53.0 Å². The Bertz CT molecular complexity index is 775. The molecule has 100 valence electrons. The van der Waals surface area contributed by atoms with Crippen molar-refractivity contribution in [2.45, 2.75) is 0 Å². The second-order valence-corrected chi connectivity index (χ2v) is 5.33. The zero-order valence-electron chi connectivity index (χ0n) is 10.8. The van der Waals surface area contributed by atoms with Gasteiger partial charge >= 0.3 is 5.97 Å². The van der Waals surface area contributed by atoms with Crippen LogP contribution in [-0.4, -0.2) is 18.1 Å². The van der Waals surface area contributed by atoms with Gasteiger partial charge in [0, 0.05) is 20.9 Å². The van der Waals surface area contributed by atoms with Crippen LogP contribution in [0, 0.1) is 0 Å². The van der Waals surface area contributed by atoms with Crippen molar-refractivity contribution in [3.63, 3.8) is 0 Å². The number of rotatable bonds is 2. The van der Waals surface area contributed by atoms with E-state index in [0.717, 1.165) is 26.5 Å². The maximum absolute atomic E-state index is 12.0. The molecule has 1 N–H and O–H groups in total. The lowest BCUT2D eigenvalue weighted by Crippen LogP contribution is -2.03. The number of halogens is 1. The fraction of sp³-hybridized carbons (Fsp3) is 0.0625. The highest BCUT2D eigenvalue weighted by Gasteiger charge is 2.19. The number of methoxy groups -OCH3 is 1. The molecule has 0 aliphatic carbocycles. The number of esters is 1. The summed E-state index contributed by atoms with van der Waals surface area (Å²) in [5.74, 6) is -0.362. The Morgan fingerprint density at radius 1 is 1.10 bits per heavy atom. The number of para-hydroxylation sites is 1. The quantitative estimate of drug-likeness (QED) is 0.709. The summed E-state index contributed by atoms with van der Waals surface area (Å²) in [6.45, 7) is 0. The first kappa shape index (κ1) is 12.9. The van der Waals surface area contributed by atoms with Gasteiger partial charge in [-0.15, -0.1) is 0 Å². The molecule has 0 amide bonds. The molecule has 3 aromatic rings. The van der Waals surface area contributed by atoms with Crippen molar-refractivity contribution >= 4 is 32.8 Å². The minimum absolute atomic E-state index is 0.362. The van der Waals surface area contributed by atoms with Crippen LogP contribution in [0.2, 0.25) is 0 Å². The van der Waals surface area contributed by atoms with Gasteiger partial charge in [0.25, 0.3) is 0 Å². The van der Waals surface area contributed by atoms with E-state index in [-0.39, 0.29) is 5.97 Å². The van der Waals surface area contributed by atoms with Gasteiger partial charge in [-0.3, -0.25) is 0 Å². The lowest BCUT2D eigenvalue weighted by molar-refractivity contribution is 0.0596. The van der Waals surface area contributed by atoms with Crippen LogP contribution < -0.4 is 0 Å². The Balaban J connectivity index is 2.31. The highest BCUT2D eigenvalue weighted by atomic mass is 79.9. The van der Waals surface area contributed by atoms with Crippen molar-refractivity contribution in [2.75, 3.05) is 7.11 Å². The highest BCUT2D eigenvalue weighted by Crippen LogP contribution is 2.33. The van der Waals surface area contributed by atoms with E-state index in [1.165, 1.54) is 7.11 Å². The van der Waals surface area contributed by atoms with Gasteiger partial charge in [-0.2, -0.15) is 0 Å². The first-order chi connectivity index (χ1) is 9.70. The first-order valence-corrected chi connectivity index (χ1v) is 6.95. The van der Waals surface area contributed by atoms with Gasteiger partial charge in [-0.1, -0.05) is 46.3 Å². The number of hydrogen-bond acceptors (Lipinski definition) is 2. The topological polar surface area (TPSA) is 42.1 Å². The molecular formula is C16H12BrNO2. The van der Waals surface area contributed by atoms with E-state index in [0.29, 0.717) is 5.69 Å². The molecule has 0 spiro atoms. The zero-order chi connectivity index (χ0) is 14.1. The van der Waals surface area contributed by atoms with E-state index in [1.807, 2.05) is 48.5 Å². The van der Waals surface area contributed by atoms with Crippen LogP contribution in [-0.2, 0) is 4.74 Å². The van der Waals surface area contributed by atoms with E-state index in [1.54, 1.807) is 0 Å². The van der Waals surface area contributed by atoms with Gasteiger partial charge in [0.05, 0.1) is 7.11 Å². The summed E-state index contributed by atoms with van der Waals surface area (Å²) in [5, 5.41) is 1.01. The normalized spacial score (nSPS) is 10.7. The average Bonchev–Trinajstić information content (AvgIpc) is 2.87. The van der Waals surface area contributed by atoms with Crippen molar-refractivity contribution in [1.82, 2.24) is 4.98 Å². The summed E-state index contributed by atoms with van der Waals surface area (Å²) in [5.41, 5.74) is 3.26. The van der Waals surface area contributed by atoms with Crippen molar-refractivity contribution < 1.29 is 9.53 Å². The summed E-state index contributed by atoms with van der Waals surface area (Å²) in [6.07, 6.45) is 0. The maximum Gasteiger partial charge on any atom is 0.355 e. The molecule has 0 bridgehead atoms. The largest absolute Gasteiger partial charge is 0.464 e. The molecule has 2 aromatic carbocycles. The number of carbonyl (C=O) groups is 1. The van der Waals surface area contributed by atoms with Gasteiger partial charge in [0.15, 0.2) is 0 Å².